The van der Waals surface area contributed by atoms with Crippen LogP contribution in [0.3, 0.4) is 0 Å². The average Bonchev–Trinajstić information content (AvgIpc) is 3.07. The lowest BCUT2D eigenvalue weighted by Gasteiger charge is -2.30. The fraction of sp³-hybridized carbons (Fsp3) is 0.0952. The summed E-state index contributed by atoms with van der Waals surface area (Å²) in [4.78, 5) is 2.43. The van der Waals surface area contributed by atoms with Crippen LogP contribution in [0.25, 0.3) is 24.3 Å². The summed E-state index contributed by atoms with van der Waals surface area (Å²) in [5.41, 5.74) is 11.4. The van der Waals surface area contributed by atoms with Gasteiger partial charge in [0.15, 0.2) is 0 Å². The predicted molar refractivity (Wildman–Crippen MR) is 187 cm³/mol. The Morgan fingerprint density at radius 1 is 0.395 bits per heavy atom. The van der Waals surface area contributed by atoms with Crippen LogP contribution in [0.1, 0.15) is 46.2 Å². The molecule has 1 nitrogen and oxygen atoms in total. The molecule has 0 fully saturated rings. The number of hydrogen-bond donors (Lipinski definition) is 0. The van der Waals surface area contributed by atoms with Gasteiger partial charge in [0.25, 0.3) is 0 Å². The maximum Gasteiger partial charge on any atom is 0.0496 e. The van der Waals surface area contributed by atoms with Crippen molar-refractivity contribution in [3.05, 3.63) is 185 Å². The highest BCUT2D eigenvalue weighted by Gasteiger charge is 2.20. The predicted octanol–water partition coefficient (Wildman–Crippen LogP) is 11.5. The molecule has 0 atom stereocenters. The second-order valence-corrected chi connectivity index (χ2v) is 10.9. The zero-order chi connectivity index (χ0) is 29.1. The quantitative estimate of drug-likeness (QED) is 0.164. The van der Waals surface area contributed by atoms with Crippen molar-refractivity contribution < 1.29 is 0 Å². The molecule has 0 bridgehead atoms. The summed E-state index contributed by atoms with van der Waals surface area (Å²) in [5.74, 6) is 0. The Morgan fingerprint density at radius 2 is 0.837 bits per heavy atom. The Hall–Kier alpha value is -5.14. The van der Waals surface area contributed by atoms with E-state index in [4.69, 9.17) is 0 Å². The van der Waals surface area contributed by atoms with Gasteiger partial charge in [-0.1, -0.05) is 146 Å². The van der Waals surface area contributed by atoms with E-state index in [1.165, 1.54) is 63.3 Å². The van der Waals surface area contributed by atoms with Gasteiger partial charge < -0.3 is 4.90 Å². The van der Waals surface area contributed by atoms with Crippen LogP contribution < -0.4 is 4.90 Å². The highest BCUT2D eigenvalue weighted by Crippen LogP contribution is 2.40. The van der Waals surface area contributed by atoms with E-state index in [2.05, 4.69) is 169 Å². The van der Waals surface area contributed by atoms with Crippen LogP contribution in [0.4, 0.5) is 17.1 Å². The molecule has 0 heterocycles. The lowest BCUT2D eigenvalue weighted by Crippen LogP contribution is -2.15. The molecule has 0 radical (unpaired) electrons. The Labute approximate surface area is 256 Å². The van der Waals surface area contributed by atoms with Crippen molar-refractivity contribution in [3.63, 3.8) is 0 Å². The van der Waals surface area contributed by atoms with Gasteiger partial charge >= 0.3 is 0 Å². The van der Waals surface area contributed by atoms with Gasteiger partial charge in [0.2, 0.25) is 0 Å². The van der Waals surface area contributed by atoms with E-state index in [-0.39, 0.29) is 0 Å². The minimum Gasteiger partial charge on any atom is -0.310 e. The highest BCUT2D eigenvalue weighted by molar-refractivity contribution is 5.80. The normalized spacial score (nSPS) is 13.3. The molecule has 0 saturated carbocycles. The third kappa shape index (κ3) is 7.39. The molecule has 0 aliphatic heterocycles. The van der Waals surface area contributed by atoms with Gasteiger partial charge in [-0.25, -0.2) is 0 Å². The van der Waals surface area contributed by atoms with Crippen molar-refractivity contribution in [1.82, 2.24) is 0 Å². The van der Waals surface area contributed by atoms with E-state index in [9.17, 15) is 0 Å². The number of hydrogen-bond acceptors (Lipinski definition) is 1. The van der Waals surface area contributed by atoms with E-state index in [1.807, 2.05) is 12.1 Å². The third-order valence-electron chi connectivity index (χ3n) is 7.89. The molecular formula is C42H37N. The lowest BCUT2D eigenvalue weighted by molar-refractivity contribution is 0.686. The number of aryl methyl sites for hydroxylation is 1. The fourth-order valence-electron chi connectivity index (χ4n) is 5.66. The van der Waals surface area contributed by atoms with Gasteiger partial charge in [0.05, 0.1) is 0 Å². The van der Waals surface area contributed by atoms with Crippen molar-refractivity contribution >= 4 is 41.4 Å². The molecule has 0 spiro atoms. The van der Waals surface area contributed by atoms with Crippen molar-refractivity contribution in [1.29, 1.82) is 0 Å². The smallest absolute Gasteiger partial charge is 0.0496 e. The van der Waals surface area contributed by atoms with E-state index in [1.54, 1.807) is 0 Å². The number of rotatable bonds is 9. The molecule has 210 valence electrons. The summed E-state index contributed by atoms with van der Waals surface area (Å²) >= 11 is 0. The summed E-state index contributed by atoms with van der Waals surface area (Å²) in [6, 6.07) is 45.4. The van der Waals surface area contributed by atoms with Crippen LogP contribution in [0.15, 0.2) is 152 Å². The standard InChI is InChI=1S/C42H37N/c1-3-14-34(15-4-1)18-7-9-20-36-26-30-39(31-27-36)43(42-25-13-23-38-22-11-12-24-41(38)42)40-32-28-37(29-33-40)21-10-8-19-35-16-5-2-6-17-35/h1-10,13-21,23,25-33H,11-12,22,24H2/b18-7+,19-8+,20-9+,21-10+. The number of anilines is 3. The Balaban J connectivity index is 1.25. The van der Waals surface area contributed by atoms with E-state index in [0.717, 1.165) is 12.8 Å². The van der Waals surface area contributed by atoms with Crippen molar-refractivity contribution in [2.75, 3.05) is 4.90 Å². The first kappa shape index (κ1) is 28.0. The van der Waals surface area contributed by atoms with Crippen LogP contribution in [0.2, 0.25) is 0 Å². The van der Waals surface area contributed by atoms with Crippen LogP contribution in [-0.2, 0) is 12.8 Å². The molecule has 0 unspecified atom stereocenters. The lowest BCUT2D eigenvalue weighted by atomic mass is 9.90. The first-order valence-electron chi connectivity index (χ1n) is 15.2. The van der Waals surface area contributed by atoms with Gasteiger partial charge in [-0.2, -0.15) is 0 Å². The second-order valence-electron chi connectivity index (χ2n) is 10.9. The number of nitrogens with zero attached hydrogens (tertiary/aromatic N) is 1. The van der Waals surface area contributed by atoms with Crippen molar-refractivity contribution in [2.45, 2.75) is 25.7 Å². The zero-order valence-corrected chi connectivity index (χ0v) is 24.5. The minimum atomic E-state index is 1.13. The van der Waals surface area contributed by atoms with E-state index < -0.39 is 0 Å². The average molecular weight is 556 g/mol. The van der Waals surface area contributed by atoms with Gasteiger partial charge in [-0.15, -0.1) is 0 Å². The fourth-order valence-corrected chi connectivity index (χ4v) is 5.66. The highest BCUT2D eigenvalue weighted by atomic mass is 15.1. The Kier molecular flexibility index (Phi) is 9.22. The van der Waals surface area contributed by atoms with Crippen LogP contribution in [-0.4, -0.2) is 0 Å². The molecule has 5 aromatic rings. The Bertz CT molecular complexity index is 1620. The first-order valence-corrected chi connectivity index (χ1v) is 15.2. The molecule has 0 amide bonds. The summed E-state index contributed by atoms with van der Waals surface area (Å²) in [6.45, 7) is 0. The SMILES string of the molecule is C(/C=C/c1ccc(N(c2ccc(/C=C/C=C/c3ccccc3)cc2)c2cccc3c2CCCC3)cc1)=C\c1ccccc1. The molecule has 43 heavy (non-hydrogen) atoms. The summed E-state index contributed by atoms with van der Waals surface area (Å²) in [5, 5.41) is 0. The van der Waals surface area contributed by atoms with Gasteiger partial charge in [0.1, 0.15) is 0 Å². The topological polar surface area (TPSA) is 3.24 Å². The zero-order valence-electron chi connectivity index (χ0n) is 24.5. The summed E-state index contributed by atoms with van der Waals surface area (Å²) in [6.07, 6.45) is 21.8. The molecule has 5 aromatic carbocycles. The molecule has 1 aliphatic carbocycles. The molecule has 1 heteroatoms. The first-order chi connectivity index (χ1) is 21.3. The summed E-state index contributed by atoms with van der Waals surface area (Å²) in [7, 11) is 0. The third-order valence-corrected chi connectivity index (χ3v) is 7.89. The minimum absolute atomic E-state index is 1.13. The van der Waals surface area contributed by atoms with Crippen molar-refractivity contribution in [3.8, 4) is 0 Å². The van der Waals surface area contributed by atoms with E-state index in [0.29, 0.717) is 0 Å². The molecule has 0 N–H and O–H groups in total. The Morgan fingerprint density at radius 3 is 1.33 bits per heavy atom. The largest absolute Gasteiger partial charge is 0.310 e. The molecule has 1 aliphatic rings. The molecule has 0 saturated heterocycles. The number of benzene rings is 5. The molecule has 0 aromatic heterocycles. The summed E-state index contributed by atoms with van der Waals surface area (Å²) < 4.78 is 0. The number of fused-ring (bicyclic) bond motifs is 1. The van der Waals surface area contributed by atoms with E-state index >= 15 is 0 Å². The van der Waals surface area contributed by atoms with Gasteiger partial charge in [0, 0.05) is 17.1 Å². The van der Waals surface area contributed by atoms with Gasteiger partial charge in [-0.05, 0) is 89.4 Å². The van der Waals surface area contributed by atoms with Crippen LogP contribution in [0.5, 0.6) is 0 Å². The number of allylic oxidation sites excluding steroid dienone is 4. The van der Waals surface area contributed by atoms with Crippen LogP contribution in [0, 0.1) is 0 Å². The maximum absolute atomic E-state index is 2.43. The van der Waals surface area contributed by atoms with Gasteiger partial charge in [-0.3, -0.25) is 0 Å². The molecule has 6 rings (SSSR count). The monoisotopic (exact) mass is 555 g/mol. The van der Waals surface area contributed by atoms with Crippen molar-refractivity contribution in [2.24, 2.45) is 0 Å². The van der Waals surface area contributed by atoms with Crippen LogP contribution >= 0.6 is 0 Å². The molecular weight excluding hydrogens is 518 g/mol. The maximum atomic E-state index is 2.43. The second kappa shape index (κ2) is 14.2.